The topological polar surface area (TPSA) is 26.3 Å². The van der Waals surface area contributed by atoms with Crippen LogP contribution in [0.15, 0.2) is 24.3 Å². The summed E-state index contributed by atoms with van der Waals surface area (Å²) in [6, 6.07) is 3.13. The van der Waals surface area contributed by atoms with Gasteiger partial charge in [0.05, 0.1) is 0 Å². The zero-order valence-electron chi connectivity index (χ0n) is 7.17. The minimum absolute atomic E-state index is 0.0294. The number of hydrogen-bond donors (Lipinski definition) is 0. The van der Waals surface area contributed by atoms with E-state index in [-0.39, 0.29) is 6.61 Å². The lowest BCUT2D eigenvalue weighted by atomic mass is 10.2. The molecule has 0 saturated carbocycles. The molecule has 0 amide bonds. The number of benzene rings is 1. The smallest absolute Gasteiger partial charge is 0.417 e. The summed E-state index contributed by atoms with van der Waals surface area (Å²) >= 11 is 0. The molecule has 0 aliphatic rings. The minimum atomic E-state index is -0.646. The molecule has 0 heterocycles. The first-order chi connectivity index (χ1) is 6.72. The van der Waals surface area contributed by atoms with Gasteiger partial charge in [0.1, 0.15) is 18.2 Å². The van der Waals surface area contributed by atoms with Crippen molar-refractivity contribution in [2.75, 3.05) is 6.61 Å². The molecule has 1 radical (unpaired) electrons. The van der Waals surface area contributed by atoms with E-state index in [0.29, 0.717) is 5.56 Å². The predicted octanol–water partition coefficient (Wildman–Crippen LogP) is 2.06. The molecular weight excluding hydrogens is 190 g/mol. The van der Waals surface area contributed by atoms with Crippen molar-refractivity contribution in [1.82, 2.24) is 0 Å². The molecule has 0 aliphatic heterocycles. The fourth-order valence-electron chi connectivity index (χ4n) is 0.938. The van der Waals surface area contributed by atoms with Gasteiger partial charge in [0.15, 0.2) is 0 Å². The summed E-state index contributed by atoms with van der Waals surface area (Å²) in [4.78, 5) is 9.62. The highest BCUT2D eigenvalue weighted by Gasteiger charge is 1.96. The van der Waals surface area contributed by atoms with Crippen molar-refractivity contribution in [2.45, 2.75) is 0 Å². The molecule has 0 unspecified atom stereocenters. The van der Waals surface area contributed by atoms with Gasteiger partial charge in [-0.15, -0.1) is 0 Å². The van der Waals surface area contributed by atoms with Crippen LogP contribution in [0.5, 0.6) is 0 Å². The Morgan fingerprint density at radius 2 is 1.93 bits per heavy atom. The maximum atomic E-state index is 12.6. The average molecular weight is 197 g/mol. The summed E-state index contributed by atoms with van der Waals surface area (Å²) in [5.74, 6) is -1.29. The van der Waals surface area contributed by atoms with Crippen molar-refractivity contribution in [3.05, 3.63) is 41.5 Å². The van der Waals surface area contributed by atoms with Crippen LogP contribution in [0.1, 0.15) is 5.56 Å². The van der Waals surface area contributed by atoms with Gasteiger partial charge in [0.2, 0.25) is 0 Å². The summed E-state index contributed by atoms with van der Waals surface area (Å²) in [5.41, 5.74) is 0.372. The molecule has 1 aromatic carbocycles. The van der Waals surface area contributed by atoms with Gasteiger partial charge in [-0.25, -0.2) is 13.6 Å². The van der Waals surface area contributed by atoms with E-state index in [0.717, 1.165) is 6.07 Å². The zero-order valence-corrected chi connectivity index (χ0v) is 7.17. The lowest BCUT2D eigenvalue weighted by Crippen LogP contribution is -1.86. The van der Waals surface area contributed by atoms with Gasteiger partial charge in [-0.05, 0) is 23.8 Å². The van der Waals surface area contributed by atoms with E-state index >= 15 is 0 Å². The van der Waals surface area contributed by atoms with E-state index in [1.54, 1.807) is 0 Å². The summed E-state index contributed by atoms with van der Waals surface area (Å²) in [5, 5.41) is 0. The zero-order chi connectivity index (χ0) is 10.4. The number of carbonyl (C=O) groups excluding carboxylic acids is 1. The lowest BCUT2D eigenvalue weighted by molar-refractivity contribution is 0.314. The van der Waals surface area contributed by atoms with Gasteiger partial charge in [-0.2, -0.15) is 0 Å². The second-order valence-corrected chi connectivity index (χ2v) is 2.50. The van der Waals surface area contributed by atoms with Gasteiger partial charge in [-0.3, -0.25) is 0 Å². The summed E-state index contributed by atoms with van der Waals surface area (Å²) in [6.45, 7) is 1.26. The molecule has 0 fully saturated rings. The standard InChI is InChI=1S/C10H7F2O2/c11-9-4-8(5-10(12)6-9)2-1-3-14-7-13/h1-2,4-6H,3H2/b2-1+. The SMILES string of the molecule is O=[C]OC/C=C/c1cc(F)cc(F)c1. The van der Waals surface area contributed by atoms with Crippen LogP contribution in [0.25, 0.3) is 6.08 Å². The van der Waals surface area contributed by atoms with Crippen LogP contribution in [-0.4, -0.2) is 13.1 Å². The predicted molar refractivity (Wildman–Crippen MR) is 47.0 cm³/mol. The van der Waals surface area contributed by atoms with Gasteiger partial charge >= 0.3 is 6.47 Å². The van der Waals surface area contributed by atoms with Crippen LogP contribution in [0, 0.1) is 11.6 Å². The molecule has 0 N–H and O–H groups in total. The highest BCUT2D eigenvalue weighted by Crippen LogP contribution is 2.09. The van der Waals surface area contributed by atoms with Crippen LogP contribution in [0.3, 0.4) is 0 Å². The number of halogens is 2. The van der Waals surface area contributed by atoms with E-state index in [4.69, 9.17) is 0 Å². The molecular formula is C10H7F2O2. The Hall–Kier alpha value is -1.71. The van der Waals surface area contributed by atoms with Crippen molar-refractivity contribution in [1.29, 1.82) is 0 Å². The molecule has 1 aromatic rings. The largest absolute Gasteiger partial charge is 0.453 e. The molecule has 0 atom stereocenters. The second kappa shape index (κ2) is 5.11. The maximum absolute atomic E-state index is 12.6. The highest BCUT2D eigenvalue weighted by molar-refractivity contribution is 5.49. The Kier molecular flexibility index (Phi) is 3.79. The van der Waals surface area contributed by atoms with E-state index in [1.807, 2.05) is 0 Å². The molecule has 0 saturated heterocycles. The molecule has 0 spiro atoms. The van der Waals surface area contributed by atoms with Crippen molar-refractivity contribution in [3.8, 4) is 0 Å². The Bertz CT molecular complexity index is 328. The third kappa shape index (κ3) is 3.35. The molecule has 1 rings (SSSR count). The minimum Gasteiger partial charge on any atom is -0.453 e. The van der Waals surface area contributed by atoms with Crippen molar-refractivity contribution in [2.24, 2.45) is 0 Å². The van der Waals surface area contributed by atoms with Crippen LogP contribution in [-0.2, 0) is 9.53 Å². The fourth-order valence-corrected chi connectivity index (χ4v) is 0.938. The first-order valence-electron chi connectivity index (χ1n) is 3.84. The molecule has 0 bridgehead atoms. The van der Waals surface area contributed by atoms with E-state index in [9.17, 15) is 13.6 Å². The van der Waals surface area contributed by atoms with Gasteiger partial charge in [0.25, 0.3) is 0 Å². The lowest BCUT2D eigenvalue weighted by Gasteiger charge is -1.95. The van der Waals surface area contributed by atoms with E-state index in [2.05, 4.69) is 4.74 Å². The number of ether oxygens (including phenoxy) is 1. The summed E-state index contributed by atoms with van der Waals surface area (Å²) in [6.07, 6.45) is 2.91. The summed E-state index contributed by atoms with van der Waals surface area (Å²) in [7, 11) is 0. The number of hydrogen-bond acceptors (Lipinski definition) is 2. The molecule has 14 heavy (non-hydrogen) atoms. The third-order valence-corrected chi connectivity index (χ3v) is 1.43. The van der Waals surface area contributed by atoms with Crippen molar-refractivity contribution in [3.63, 3.8) is 0 Å². The monoisotopic (exact) mass is 197 g/mol. The first-order valence-corrected chi connectivity index (χ1v) is 3.84. The van der Waals surface area contributed by atoms with Crippen molar-refractivity contribution >= 4 is 12.5 Å². The Morgan fingerprint density at radius 1 is 1.29 bits per heavy atom. The van der Waals surface area contributed by atoms with Crippen LogP contribution in [0.2, 0.25) is 0 Å². The fraction of sp³-hybridized carbons (Fsp3) is 0.100. The molecule has 2 nitrogen and oxygen atoms in total. The quantitative estimate of drug-likeness (QED) is 0.690. The van der Waals surface area contributed by atoms with Crippen LogP contribution < -0.4 is 0 Å². The molecule has 0 aromatic heterocycles. The van der Waals surface area contributed by atoms with Gasteiger partial charge in [0, 0.05) is 6.07 Å². The normalized spacial score (nSPS) is 10.4. The first kappa shape index (κ1) is 10.4. The molecule has 0 aliphatic carbocycles. The Balaban J connectivity index is 2.66. The van der Waals surface area contributed by atoms with E-state index < -0.39 is 11.6 Å². The number of rotatable bonds is 4. The molecule has 73 valence electrons. The van der Waals surface area contributed by atoms with Gasteiger partial charge < -0.3 is 4.74 Å². The average Bonchev–Trinajstić information content (AvgIpc) is 2.11. The van der Waals surface area contributed by atoms with E-state index in [1.165, 1.54) is 30.8 Å². The Morgan fingerprint density at radius 3 is 2.50 bits per heavy atom. The van der Waals surface area contributed by atoms with Gasteiger partial charge in [-0.1, -0.05) is 6.08 Å². The summed E-state index contributed by atoms with van der Waals surface area (Å²) < 4.78 is 29.5. The van der Waals surface area contributed by atoms with Crippen LogP contribution >= 0.6 is 0 Å². The Labute approximate surface area is 79.8 Å². The van der Waals surface area contributed by atoms with Crippen molar-refractivity contribution < 1.29 is 18.3 Å². The second-order valence-electron chi connectivity index (χ2n) is 2.50. The molecule has 4 heteroatoms. The highest BCUT2D eigenvalue weighted by atomic mass is 19.1. The van der Waals surface area contributed by atoms with Crippen LogP contribution in [0.4, 0.5) is 8.78 Å². The maximum Gasteiger partial charge on any atom is 0.417 e. The third-order valence-electron chi connectivity index (χ3n) is 1.43.